The lowest BCUT2D eigenvalue weighted by Gasteiger charge is -2.21. The molecule has 1 aliphatic rings. The van der Waals surface area contributed by atoms with E-state index < -0.39 is 11.7 Å². The fourth-order valence-corrected chi connectivity index (χ4v) is 1.75. The molecular weight excluding hydrogens is 247 g/mol. The fourth-order valence-electron chi connectivity index (χ4n) is 1.75. The van der Waals surface area contributed by atoms with E-state index in [2.05, 4.69) is 4.98 Å². The van der Waals surface area contributed by atoms with Gasteiger partial charge in [0.15, 0.2) is 0 Å². The molecule has 100 valence electrons. The number of nitrogens with zero attached hydrogens (tertiary/aromatic N) is 1. The first-order valence-electron chi connectivity index (χ1n) is 5.79. The zero-order valence-corrected chi connectivity index (χ0v) is 9.74. The summed E-state index contributed by atoms with van der Waals surface area (Å²) in [5.41, 5.74) is -0.763. The van der Waals surface area contributed by atoms with Crippen LogP contribution in [0.25, 0.3) is 0 Å². The lowest BCUT2D eigenvalue weighted by atomic mass is 10.0. The Bertz CT molecular complexity index is 372. The monoisotopic (exact) mass is 261 g/mol. The minimum atomic E-state index is -4.35. The second kappa shape index (κ2) is 5.56. The molecule has 0 radical (unpaired) electrons. The van der Waals surface area contributed by atoms with Crippen LogP contribution in [-0.4, -0.2) is 24.8 Å². The van der Waals surface area contributed by atoms with Gasteiger partial charge in [-0.3, -0.25) is 0 Å². The molecular formula is C12H14F3NO2. The zero-order chi connectivity index (χ0) is 13.0. The van der Waals surface area contributed by atoms with Crippen LogP contribution in [0.1, 0.15) is 18.4 Å². The van der Waals surface area contributed by atoms with E-state index in [4.69, 9.17) is 9.47 Å². The van der Waals surface area contributed by atoms with Crippen molar-refractivity contribution < 1.29 is 22.6 Å². The Morgan fingerprint density at radius 2 is 2.00 bits per heavy atom. The maximum atomic E-state index is 12.3. The first kappa shape index (κ1) is 13.1. The molecule has 0 bridgehead atoms. The predicted octanol–water partition coefficient (Wildman–Crippen LogP) is 2.91. The van der Waals surface area contributed by atoms with Crippen molar-refractivity contribution >= 4 is 0 Å². The van der Waals surface area contributed by atoms with Gasteiger partial charge in [-0.05, 0) is 24.8 Å². The molecule has 1 aromatic rings. The van der Waals surface area contributed by atoms with Crippen molar-refractivity contribution in [3.05, 3.63) is 23.9 Å². The van der Waals surface area contributed by atoms with Crippen LogP contribution in [-0.2, 0) is 10.9 Å². The van der Waals surface area contributed by atoms with Gasteiger partial charge in [-0.2, -0.15) is 13.2 Å². The summed E-state index contributed by atoms with van der Waals surface area (Å²) in [7, 11) is 0. The number of rotatable bonds is 3. The number of aromatic nitrogens is 1. The second-order valence-electron chi connectivity index (χ2n) is 4.25. The molecule has 0 amide bonds. The summed E-state index contributed by atoms with van der Waals surface area (Å²) in [6, 6.07) is 2.23. The van der Waals surface area contributed by atoms with Gasteiger partial charge in [0.25, 0.3) is 0 Å². The smallest absolute Gasteiger partial charge is 0.417 e. The Labute approximate surface area is 103 Å². The van der Waals surface area contributed by atoms with Crippen LogP contribution in [0.5, 0.6) is 5.88 Å². The van der Waals surface area contributed by atoms with Gasteiger partial charge in [-0.15, -0.1) is 0 Å². The zero-order valence-electron chi connectivity index (χ0n) is 9.74. The Morgan fingerprint density at radius 3 is 2.56 bits per heavy atom. The third-order valence-electron chi connectivity index (χ3n) is 2.87. The molecule has 1 saturated heterocycles. The summed E-state index contributed by atoms with van der Waals surface area (Å²) in [6.07, 6.45) is -1.73. The Morgan fingerprint density at radius 1 is 1.28 bits per heavy atom. The van der Waals surface area contributed by atoms with E-state index >= 15 is 0 Å². The van der Waals surface area contributed by atoms with Gasteiger partial charge in [0.1, 0.15) is 0 Å². The second-order valence-corrected chi connectivity index (χ2v) is 4.25. The van der Waals surface area contributed by atoms with Crippen molar-refractivity contribution in [3.63, 3.8) is 0 Å². The van der Waals surface area contributed by atoms with Crippen LogP contribution in [0.4, 0.5) is 13.2 Å². The van der Waals surface area contributed by atoms with Gasteiger partial charge in [0, 0.05) is 25.5 Å². The number of alkyl halides is 3. The number of hydrogen-bond donors (Lipinski definition) is 0. The van der Waals surface area contributed by atoms with E-state index in [1.807, 2.05) is 0 Å². The molecule has 2 rings (SSSR count). The Kier molecular flexibility index (Phi) is 4.06. The summed E-state index contributed by atoms with van der Waals surface area (Å²) in [5, 5.41) is 0. The highest BCUT2D eigenvalue weighted by molar-refractivity contribution is 5.20. The average Bonchev–Trinajstić information content (AvgIpc) is 2.37. The number of ether oxygens (including phenoxy) is 2. The van der Waals surface area contributed by atoms with Gasteiger partial charge in [-0.25, -0.2) is 4.98 Å². The molecule has 1 aliphatic heterocycles. The molecule has 0 spiro atoms. The molecule has 1 aromatic heterocycles. The molecule has 0 unspecified atom stereocenters. The van der Waals surface area contributed by atoms with Crippen LogP contribution < -0.4 is 4.74 Å². The summed E-state index contributed by atoms with van der Waals surface area (Å²) in [5.74, 6) is 0.623. The van der Waals surface area contributed by atoms with Gasteiger partial charge >= 0.3 is 6.18 Å². The van der Waals surface area contributed by atoms with E-state index in [9.17, 15) is 13.2 Å². The first-order chi connectivity index (χ1) is 8.55. The van der Waals surface area contributed by atoms with Crippen LogP contribution in [0.15, 0.2) is 18.3 Å². The first-order valence-corrected chi connectivity index (χ1v) is 5.79. The lowest BCUT2D eigenvalue weighted by molar-refractivity contribution is -0.137. The third kappa shape index (κ3) is 3.60. The van der Waals surface area contributed by atoms with Crippen LogP contribution >= 0.6 is 0 Å². The SMILES string of the molecule is FC(F)(F)c1ccc(OCC2CCOCC2)nc1. The van der Waals surface area contributed by atoms with E-state index in [1.54, 1.807) is 0 Å². The summed E-state index contributed by atoms with van der Waals surface area (Å²) in [4.78, 5) is 3.66. The fraction of sp³-hybridized carbons (Fsp3) is 0.583. The van der Waals surface area contributed by atoms with Gasteiger partial charge in [-0.1, -0.05) is 0 Å². The molecule has 1 fully saturated rings. The quantitative estimate of drug-likeness (QED) is 0.838. The average molecular weight is 261 g/mol. The number of halogens is 3. The topological polar surface area (TPSA) is 31.4 Å². The highest BCUT2D eigenvalue weighted by Crippen LogP contribution is 2.29. The molecule has 0 saturated carbocycles. The van der Waals surface area contributed by atoms with Crippen molar-refractivity contribution in [1.82, 2.24) is 4.98 Å². The van der Waals surface area contributed by atoms with E-state index in [-0.39, 0.29) is 5.88 Å². The minimum Gasteiger partial charge on any atom is -0.477 e. The Balaban J connectivity index is 1.86. The van der Waals surface area contributed by atoms with E-state index in [0.29, 0.717) is 25.7 Å². The highest BCUT2D eigenvalue weighted by atomic mass is 19.4. The van der Waals surface area contributed by atoms with Crippen molar-refractivity contribution in [2.45, 2.75) is 19.0 Å². The van der Waals surface area contributed by atoms with Crippen molar-refractivity contribution in [2.75, 3.05) is 19.8 Å². The molecule has 2 heterocycles. The van der Waals surface area contributed by atoms with Crippen molar-refractivity contribution in [1.29, 1.82) is 0 Å². The Hall–Kier alpha value is -1.30. The largest absolute Gasteiger partial charge is 0.477 e. The standard InChI is InChI=1S/C12H14F3NO2/c13-12(14,15)10-1-2-11(16-7-10)18-8-9-3-5-17-6-4-9/h1-2,7,9H,3-6,8H2. The molecule has 0 N–H and O–H groups in total. The van der Waals surface area contributed by atoms with Crippen LogP contribution in [0, 0.1) is 5.92 Å². The highest BCUT2D eigenvalue weighted by Gasteiger charge is 2.30. The summed E-state index contributed by atoms with van der Waals surface area (Å²) in [6.45, 7) is 1.91. The summed E-state index contributed by atoms with van der Waals surface area (Å²) >= 11 is 0. The van der Waals surface area contributed by atoms with Gasteiger partial charge < -0.3 is 9.47 Å². The molecule has 3 nitrogen and oxygen atoms in total. The maximum absolute atomic E-state index is 12.3. The maximum Gasteiger partial charge on any atom is 0.417 e. The van der Waals surface area contributed by atoms with Gasteiger partial charge in [0.05, 0.1) is 12.2 Å². The van der Waals surface area contributed by atoms with E-state index in [0.717, 1.165) is 25.1 Å². The number of hydrogen-bond acceptors (Lipinski definition) is 3. The van der Waals surface area contributed by atoms with Crippen molar-refractivity contribution in [2.24, 2.45) is 5.92 Å². The van der Waals surface area contributed by atoms with Crippen LogP contribution in [0.2, 0.25) is 0 Å². The normalized spacial score (nSPS) is 17.7. The third-order valence-corrected chi connectivity index (χ3v) is 2.87. The molecule has 0 aliphatic carbocycles. The molecule has 6 heteroatoms. The van der Waals surface area contributed by atoms with Crippen LogP contribution in [0.3, 0.4) is 0 Å². The lowest BCUT2D eigenvalue weighted by Crippen LogP contribution is -2.21. The molecule has 18 heavy (non-hydrogen) atoms. The molecule has 0 aromatic carbocycles. The number of pyridine rings is 1. The van der Waals surface area contributed by atoms with Gasteiger partial charge in [0.2, 0.25) is 5.88 Å². The summed E-state index contributed by atoms with van der Waals surface area (Å²) < 4.78 is 47.5. The minimum absolute atomic E-state index is 0.231. The predicted molar refractivity (Wildman–Crippen MR) is 58.3 cm³/mol. The van der Waals surface area contributed by atoms with Crippen molar-refractivity contribution in [3.8, 4) is 5.88 Å². The van der Waals surface area contributed by atoms with E-state index in [1.165, 1.54) is 6.07 Å². The molecule has 0 atom stereocenters.